The molecule has 154 valence electrons. The maximum Gasteiger partial charge on any atom is 0.322 e. The first-order valence-corrected chi connectivity index (χ1v) is 10.0. The van der Waals surface area contributed by atoms with Crippen LogP contribution in [0, 0.1) is 6.92 Å². The third-order valence-electron chi connectivity index (χ3n) is 4.95. The molecule has 2 aromatic rings. The molecule has 6 nitrogen and oxygen atoms in total. The topological polar surface area (TPSA) is 61.9 Å². The van der Waals surface area contributed by atoms with Crippen LogP contribution in [0.25, 0.3) is 0 Å². The first-order valence-electron chi connectivity index (χ1n) is 9.25. The van der Waals surface area contributed by atoms with Gasteiger partial charge in [0.1, 0.15) is 5.75 Å². The number of benzene rings is 2. The number of nitrogens with zero attached hydrogens (tertiary/aromatic N) is 2. The minimum absolute atomic E-state index is 0.0607. The summed E-state index contributed by atoms with van der Waals surface area (Å²) in [6.07, 6.45) is 0. The number of ketones is 1. The molecular formula is C21H23Cl2N3O3. The van der Waals surface area contributed by atoms with Gasteiger partial charge >= 0.3 is 6.03 Å². The van der Waals surface area contributed by atoms with E-state index in [1.807, 2.05) is 19.1 Å². The van der Waals surface area contributed by atoms with Gasteiger partial charge in [-0.25, -0.2) is 4.79 Å². The highest BCUT2D eigenvalue weighted by Gasteiger charge is 2.23. The Morgan fingerprint density at radius 2 is 1.62 bits per heavy atom. The number of ether oxygens (including phenoxy) is 1. The van der Waals surface area contributed by atoms with Crippen LogP contribution < -0.4 is 15.0 Å². The molecule has 1 saturated heterocycles. The van der Waals surface area contributed by atoms with Gasteiger partial charge in [0.2, 0.25) is 0 Å². The van der Waals surface area contributed by atoms with Crippen molar-refractivity contribution >= 4 is 46.4 Å². The number of amides is 2. The minimum Gasteiger partial charge on any atom is -0.495 e. The molecule has 0 saturated carbocycles. The van der Waals surface area contributed by atoms with E-state index in [-0.39, 0.29) is 11.8 Å². The van der Waals surface area contributed by atoms with Gasteiger partial charge in [-0.2, -0.15) is 0 Å². The lowest BCUT2D eigenvalue weighted by Crippen LogP contribution is -2.50. The van der Waals surface area contributed by atoms with E-state index >= 15 is 0 Å². The highest BCUT2D eigenvalue weighted by molar-refractivity contribution is 6.35. The molecule has 0 spiro atoms. The number of nitrogens with one attached hydrogen (secondary N) is 1. The summed E-state index contributed by atoms with van der Waals surface area (Å²) in [6.45, 7) is 5.75. The monoisotopic (exact) mass is 435 g/mol. The number of carbonyl (C=O) groups excluding carboxylic acids is 2. The van der Waals surface area contributed by atoms with Gasteiger partial charge in [-0.05, 0) is 49.7 Å². The SMILES string of the molecule is COc1cc(C)c(C(C)=O)cc1NC(=O)N1CCN(c2cc(Cl)cc(Cl)c2)CC1. The Morgan fingerprint density at radius 1 is 1.00 bits per heavy atom. The van der Waals surface area contributed by atoms with Crippen LogP contribution in [0.4, 0.5) is 16.2 Å². The van der Waals surface area contributed by atoms with Crippen molar-refractivity contribution in [3.05, 3.63) is 51.5 Å². The van der Waals surface area contributed by atoms with Gasteiger partial charge in [-0.1, -0.05) is 23.2 Å². The quantitative estimate of drug-likeness (QED) is 0.695. The molecule has 0 unspecified atom stereocenters. The summed E-state index contributed by atoms with van der Waals surface area (Å²) in [5.41, 5.74) is 2.79. The van der Waals surface area contributed by atoms with Crippen molar-refractivity contribution in [1.29, 1.82) is 0 Å². The molecule has 1 fully saturated rings. The van der Waals surface area contributed by atoms with Crippen molar-refractivity contribution in [2.24, 2.45) is 0 Å². The molecule has 0 radical (unpaired) electrons. The molecule has 0 aromatic heterocycles. The highest BCUT2D eigenvalue weighted by Crippen LogP contribution is 2.30. The van der Waals surface area contributed by atoms with E-state index in [0.717, 1.165) is 11.3 Å². The molecule has 1 N–H and O–H groups in total. The zero-order valence-electron chi connectivity index (χ0n) is 16.6. The average molecular weight is 436 g/mol. The second-order valence-corrected chi connectivity index (χ2v) is 7.83. The smallest absolute Gasteiger partial charge is 0.322 e. The first-order chi connectivity index (χ1) is 13.8. The molecule has 2 amide bonds. The van der Waals surface area contributed by atoms with Crippen molar-refractivity contribution in [1.82, 2.24) is 4.90 Å². The maximum atomic E-state index is 12.8. The summed E-state index contributed by atoms with van der Waals surface area (Å²) in [6, 6.07) is 8.62. The van der Waals surface area contributed by atoms with Crippen molar-refractivity contribution in [3.63, 3.8) is 0 Å². The third-order valence-corrected chi connectivity index (χ3v) is 5.38. The Hall–Kier alpha value is -2.44. The van der Waals surface area contributed by atoms with Crippen LogP contribution in [0.1, 0.15) is 22.8 Å². The van der Waals surface area contributed by atoms with E-state index in [4.69, 9.17) is 27.9 Å². The van der Waals surface area contributed by atoms with Crippen molar-refractivity contribution in [3.8, 4) is 5.75 Å². The van der Waals surface area contributed by atoms with Gasteiger partial charge in [-0.3, -0.25) is 4.79 Å². The number of piperazine rings is 1. The average Bonchev–Trinajstić information content (AvgIpc) is 2.68. The number of rotatable bonds is 4. The van der Waals surface area contributed by atoms with E-state index in [1.165, 1.54) is 14.0 Å². The summed E-state index contributed by atoms with van der Waals surface area (Å²) in [7, 11) is 1.53. The number of carbonyl (C=O) groups is 2. The highest BCUT2D eigenvalue weighted by atomic mass is 35.5. The molecule has 29 heavy (non-hydrogen) atoms. The molecule has 0 bridgehead atoms. The summed E-state index contributed by atoms with van der Waals surface area (Å²) in [5.74, 6) is 0.461. The summed E-state index contributed by atoms with van der Waals surface area (Å²) >= 11 is 12.2. The van der Waals surface area contributed by atoms with E-state index in [1.54, 1.807) is 23.1 Å². The predicted octanol–water partition coefficient (Wildman–Crippen LogP) is 4.87. The van der Waals surface area contributed by atoms with Crippen LogP contribution in [0.5, 0.6) is 5.75 Å². The lowest BCUT2D eigenvalue weighted by Gasteiger charge is -2.36. The molecule has 3 rings (SSSR count). The van der Waals surface area contributed by atoms with E-state index in [9.17, 15) is 9.59 Å². The standard InChI is InChI=1S/C21H23Cl2N3O3/c1-13-8-20(29-3)19(12-18(13)14(2)27)24-21(28)26-6-4-25(5-7-26)17-10-15(22)9-16(23)11-17/h8-12H,4-7H2,1-3H3,(H,24,28). The normalized spacial score (nSPS) is 14.0. The van der Waals surface area contributed by atoms with E-state index in [2.05, 4.69) is 10.2 Å². The largest absolute Gasteiger partial charge is 0.495 e. The molecule has 0 aliphatic carbocycles. The summed E-state index contributed by atoms with van der Waals surface area (Å²) in [4.78, 5) is 28.5. The molecule has 8 heteroatoms. The van der Waals surface area contributed by atoms with Crippen molar-refractivity contribution in [2.45, 2.75) is 13.8 Å². The summed E-state index contributed by atoms with van der Waals surface area (Å²) in [5, 5.41) is 4.04. The fourth-order valence-electron chi connectivity index (χ4n) is 3.41. The van der Waals surface area contributed by atoms with Crippen LogP contribution in [0.15, 0.2) is 30.3 Å². The third kappa shape index (κ3) is 4.95. The number of urea groups is 1. The number of halogens is 2. The van der Waals surface area contributed by atoms with Crippen LogP contribution in [0.2, 0.25) is 10.0 Å². The molecule has 0 atom stereocenters. The number of methoxy groups -OCH3 is 1. The lowest BCUT2D eigenvalue weighted by atomic mass is 10.0. The van der Waals surface area contributed by atoms with E-state index in [0.29, 0.717) is 53.2 Å². The lowest BCUT2D eigenvalue weighted by molar-refractivity contribution is 0.101. The Labute approximate surface area is 180 Å². The number of hydrogen-bond donors (Lipinski definition) is 1. The minimum atomic E-state index is -0.231. The van der Waals surface area contributed by atoms with Gasteiger partial charge in [-0.15, -0.1) is 0 Å². The zero-order chi connectivity index (χ0) is 21.1. The van der Waals surface area contributed by atoms with Crippen molar-refractivity contribution < 1.29 is 14.3 Å². The zero-order valence-corrected chi connectivity index (χ0v) is 18.1. The molecule has 1 aliphatic rings. The van der Waals surface area contributed by atoms with Crippen LogP contribution in [-0.2, 0) is 0 Å². The van der Waals surface area contributed by atoms with Gasteiger partial charge in [0.25, 0.3) is 0 Å². The van der Waals surface area contributed by atoms with Gasteiger partial charge in [0, 0.05) is 47.5 Å². The van der Waals surface area contributed by atoms with Crippen molar-refractivity contribution in [2.75, 3.05) is 43.5 Å². The van der Waals surface area contributed by atoms with Crippen LogP contribution in [0.3, 0.4) is 0 Å². The number of anilines is 2. The number of Topliss-reactive ketones (excluding diaryl/α,β-unsaturated/α-hetero) is 1. The second-order valence-electron chi connectivity index (χ2n) is 6.96. The molecule has 2 aromatic carbocycles. The molecule has 1 heterocycles. The predicted molar refractivity (Wildman–Crippen MR) is 117 cm³/mol. The number of aryl methyl sites for hydroxylation is 1. The Morgan fingerprint density at radius 3 is 2.17 bits per heavy atom. The van der Waals surface area contributed by atoms with E-state index < -0.39 is 0 Å². The van der Waals surface area contributed by atoms with Crippen LogP contribution >= 0.6 is 23.2 Å². The fourth-order valence-corrected chi connectivity index (χ4v) is 3.93. The second kappa shape index (κ2) is 8.93. The Kier molecular flexibility index (Phi) is 6.55. The van der Waals surface area contributed by atoms with Gasteiger partial charge in [0.15, 0.2) is 5.78 Å². The van der Waals surface area contributed by atoms with Gasteiger partial charge in [0.05, 0.1) is 12.8 Å². The number of hydrogen-bond acceptors (Lipinski definition) is 4. The molecule has 1 aliphatic heterocycles. The summed E-state index contributed by atoms with van der Waals surface area (Å²) < 4.78 is 5.37. The maximum absolute atomic E-state index is 12.8. The molecular weight excluding hydrogens is 413 g/mol. The van der Waals surface area contributed by atoms with Crippen LogP contribution in [-0.4, -0.2) is 50.0 Å². The fraction of sp³-hybridized carbons (Fsp3) is 0.333. The first kappa shape index (κ1) is 21.3. The van der Waals surface area contributed by atoms with Gasteiger partial charge < -0.3 is 19.9 Å². The Balaban J connectivity index is 1.68. The Bertz CT molecular complexity index is 921.